The Balaban J connectivity index is 2.06. The van der Waals surface area contributed by atoms with Gasteiger partial charge in [-0.1, -0.05) is 68.4 Å². The molecule has 0 saturated heterocycles. The van der Waals surface area contributed by atoms with E-state index in [2.05, 4.69) is 5.32 Å². The van der Waals surface area contributed by atoms with Crippen molar-refractivity contribution in [3.05, 3.63) is 95.6 Å². The summed E-state index contributed by atoms with van der Waals surface area (Å²) < 4.78 is 28.8. The Morgan fingerprint density at radius 3 is 2.15 bits per heavy atom. The molecule has 0 bridgehead atoms. The Hall–Kier alpha value is -3.65. The lowest BCUT2D eigenvalue weighted by Gasteiger charge is -2.34. The van der Waals surface area contributed by atoms with Gasteiger partial charge in [-0.05, 0) is 74.6 Å². The molecular formula is C31H39N3O4S. The van der Waals surface area contributed by atoms with E-state index in [0.717, 1.165) is 27.4 Å². The van der Waals surface area contributed by atoms with Crippen molar-refractivity contribution < 1.29 is 18.0 Å². The summed E-state index contributed by atoms with van der Waals surface area (Å²) in [5.41, 5.74) is 3.14. The second-order valence-electron chi connectivity index (χ2n) is 9.85. The van der Waals surface area contributed by atoms with Gasteiger partial charge in [0.2, 0.25) is 11.8 Å². The van der Waals surface area contributed by atoms with E-state index in [1.807, 2.05) is 65.0 Å². The van der Waals surface area contributed by atoms with Crippen LogP contribution < -0.4 is 9.62 Å². The van der Waals surface area contributed by atoms with E-state index in [4.69, 9.17) is 0 Å². The highest BCUT2D eigenvalue weighted by atomic mass is 32.2. The van der Waals surface area contributed by atoms with Gasteiger partial charge < -0.3 is 10.2 Å². The van der Waals surface area contributed by atoms with Crippen LogP contribution in [0.1, 0.15) is 50.3 Å². The van der Waals surface area contributed by atoms with Gasteiger partial charge in [-0.15, -0.1) is 0 Å². The van der Waals surface area contributed by atoms with Crippen molar-refractivity contribution >= 4 is 27.5 Å². The molecule has 0 fully saturated rings. The number of sulfonamides is 1. The monoisotopic (exact) mass is 549 g/mol. The molecule has 0 spiro atoms. The first kappa shape index (κ1) is 29.9. The maximum absolute atomic E-state index is 14.1. The molecule has 208 valence electrons. The van der Waals surface area contributed by atoms with Crippen LogP contribution in [-0.4, -0.2) is 43.8 Å². The first-order valence-corrected chi connectivity index (χ1v) is 14.8. The van der Waals surface area contributed by atoms with Gasteiger partial charge in [0.25, 0.3) is 10.0 Å². The first-order valence-electron chi connectivity index (χ1n) is 13.4. The van der Waals surface area contributed by atoms with Crippen molar-refractivity contribution in [1.29, 1.82) is 0 Å². The third kappa shape index (κ3) is 7.47. The minimum Gasteiger partial charge on any atom is -0.352 e. The molecule has 0 aromatic heterocycles. The zero-order valence-corrected chi connectivity index (χ0v) is 24.2. The Kier molecular flexibility index (Phi) is 10.3. The third-order valence-electron chi connectivity index (χ3n) is 6.89. The van der Waals surface area contributed by atoms with E-state index in [0.29, 0.717) is 12.1 Å². The first-order chi connectivity index (χ1) is 18.6. The number of nitrogens with zero attached hydrogens (tertiary/aromatic N) is 2. The van der Waals surface area contributed by atoms with Crippen molar-refractivity contribution in [1.82, 2.24) is 10.2 Å². The van der Waals surface area contributed by atoms with Crippen LogP contribution in [0.3, 0.4) is 0 Å². The lowest BCUT2D eigenvalue weighted by Crippen LogP contribution is -2.53. The van der Waals surface area contributed by atoms with Gasteiger partial charge in [0, 0.05) is 12.6 Å². The van der Waals surface area contributed by atoms with Crippen LogP contribution in [0, 0.1) is 13.8 Å². The molecule has 0 heterocycles. The molecule has 1 N–H and O–H groups in total. The molecule has 3 aromatic rings. The molecule has 3 aromatic carbocycles. The molecule has 39 heavy (non-hydrogen) atoms. The average molecular weight is 550 g/mol. The standard InChI is InChI=1S/C31H39N3O4S/c1-6-25(5)32-31(36)29(7-2)33(21-26-16-12-11-15-24(26)4)30(35)22-34(27-17-13-14-23(3)20-27)39(37,38)28-18-9-8-10-19-28/h8-20,25,29H,6-7,21-22H2,1-5H3,(H,32,36)/t25-,29+/m1/s1. The summed E-state index contributed by atoms with van der Waals surface area (Å²) in [6.07, 6.45) is 1.14. The number of nitrogens with one attached hydrogen (secondary N) is 1. The smallest absolute Gasteiger partial charge is 0.264 e. The molecule has 3 rings (SSSR count). The number of carbonyl (C=O) groups excluding carboxylic acids is 2. The Morgan fingerprint density at radius 2 is 1.54 bits per heavy atom. The van der Waals surface area contributed by atoms with E-state index >= 15 is 0 Å². The van der Waals surface area contributed by atoms with Crippen molar-refractivity contribution in [2.24, 2.45) is 0 Å². The normalized spacial score (nSPS) is 12.8. The topological polar surface area (TPSA) is 86.8 Å². The SMILES string of the molecule is CC[C@@H](C)NC(=O)[C@H](CC)N(Cc1ccccc1C)C(=O)CN(c1cccc(C)c1)S(=O)(=O)c1ccccc1. The van der Waals surface area contributed by atoms with Crippen molar-refractivity contribution in [3.8, 4) is 0 Å². The Labute approximate surface area is 232 Å². The van der Waals surface area contributed by atoms with Crippen LogP contribution in [-0.2, 0) is 26.2 Å². The lowest BCUT2D eigenvalue weighted by atomic mass is 10.1. The summed E-state index contributed by atoms with van der Waals surface area (Å²) in [7, 11) is -4.07. The minimum absolute atomic E-state index is 0.0517. The largest absolute Gasteiger partial charge is 0.352 e. The molecule has 0 aliphatic heterocycles. The zero-order valence-electron chi connectivity index (χ0n) is 23.4. The summed E-state index contributed by atoms with van der Waals surface area (Å²) in [6.45, 7) is 9.33. The van der Waals surface area contributed by atoms with Crippen LogP contribution >= 0.6 is 0 Å². The molecule has 2 atom stereocenters. The van der Waals surface area contributed by atoms with E-state index < -0.39 is 28.5 Å². The van der Waals surface area contributed by atoms with Crippen LogP contribution in [0.15, 0.2) is 83.8 Å². The molecule has 0 saturated carbocycles. The molecule has 0 radical (unpaired) electrons. The van der Waals surface area contributed by atoms with Gasteiger partial charge in [0.1, 0.15) is 12.6 Å². The number of aryl methyl sites for hydroxylation is 2. The van der Waals surface area contributed by atoms with Crippen LogP contribution in [0.25, 0.3) is 0 Å². The van der Waals surface area contributed by atoms with Crippen LogP contribution in [0.4, 0.5) is 5.69 Å². The predicted octanol–water partition coefficient (Wildman–Crippen LogP) is 5.22. The van der Waals surface area contributed by atoms with Gasteiger partial charge in [0.15, 0.2) is 0 Å². The fourth-order valence-corrected chi connectivity index (χ4v) is 5.79. The summed E-state index contributed by atoms with van der Waals surface area (Å²) >= 11 is 0. The van der Waals surface area contributed by atoms with Gasteiger partial charge in [-0.25, -0.2) is 8.42 Å². The second-order valence-corrected chi connectivity index (χ2v) is 11.7. The molecule has 0 aliphatic rings. The Morgan fingerprint density at radius 1 is 0.872 bits per heavy atom. The number of carbonyl (C=O) groups is 2. The van der Waals surface area contributed by atoms with E-state index in [1.54, 1.807) is 36.4 Å². The summed E-state index contributed by atoms with van der Waals surface area (Å²) in [4.78, 5) is 29.1. The van der Waals surface area contributed by atoms with Crippen LogP contribution in [0.5, 0.6) is 0 Å². The predicted molar refractivity (Wildman–Crippen MR) is 156 cm³/mol. The van der Waals surface area contributed by atoms with E-state index in [9.17, 15) is 18.0 Å². The lowest BCUT2D eigenvalue weighted by molar-refractivity contribution is -0.140. The second kappa shape index (κ2) is 13.4. The highest BCUT2D eigenvalue weighted by Gasteiger charge is 2.34. The number of hydrogen-bond donors (Lipinski definition) is 1. The summed E-state index contributed by atoms with van der Waals surface area (Å²) in [5.74, 6) is -0.702. The van der Waals surface area contributed by atoms with E-state index in [-0.39, 0.29) is 23.4 Å². The highest BCUT2D eigenvalue weighted by molar-refractivity contribution is 7.92. The van der Waals surface area contributed by atoms with Crippen LogP contribution in [0.2, 0.25) is 0 Å². The van der Waals surface area contributed by atoms with Gasteiger partial charge in [0.05, 0.1) is 10.6 Å². The maximum Gasteiger partial charge on any atom is 0.264 e. The number of hydrogen-bond acceptors (Lipinski definition) is 4. The average Bonchev–Trinajstić information content (AvgIpc) is 2.92. The minimum atomic E-state index is -4.07. The van der Waals surface area contributed by atoms with Gasteiger partial charge in [-0.2, -0.15) is 0 Å². The maximum atomic E-state index is 14.1. The number of amides is 2. The highest BCUT2D eigenvalue weighted by Crippen LogP contribution is 2.26. The zero-order chi connectivity index (χ0) is 28.6. The number of rotatable bonds is 12. The molecule has 0 unspecified atom stereocenters. The molecule has 2 amide bonds. The van der Waals surface area contributed by atoms with Gasteiger partial charge in [-0.3, -0.25) is 13.9 Å². The molecule has 0 aliphatic carbocycles. The fourth-order valence-electron chi connectivity index (χ4n) is 4.36. The van der Waals surface area contributed by atoms with Crippen molar-refractivity contribution in [2.45, 2.75) is 71.0 Å². The van der Waals surface area contributed by atoms with Crippen molar-refractivity contribution in [3.63, 3.8) is 0 Å². The van der Waals surface area contributed by atoms with Crippen molar-refractivity contribution in [2.75, 3.05) is 10.8 Å². The summed E-state index contributed by atoms with van der Waals surface area (Å²) in [5, 5.41) is 3.00. The summed E-state index contributed by atoms with van der Waals surface area (Å²) in [6, 6.07) is 22.0. The molecule has 7 nitrogen and oxygen atoms in total. The fraction of sp³-hybridized carbons (Fsp3) is 0.355. The molecule has 8 heteroatoms. The number of benzene rings is 3. The van der Waals surface area contributed by atoms with Gasteiger partial charge >= 0.3 is 0 Å². The Bertz CT molecular complexity index is 1380. The quantitative estimate of drug-likeness (QED) is 0.336. The third-order valence-corrected chi connectivity index (χ3v) is 8.68. The van der Waals surface area contributed by atoms with E-state index in [1.165, 1.54) is 17.0 Å². The molecular weight excluding hydrogens is 510 g/mol. The number of anilines is 1.